The van der Waals surface area contributed by atoms with Crippen LogP contribution >= 0.6 is 34.1 Å². The molecular weight excluding hydrogens is 296 g/mol. The molecule has 0 aliphatic carbocycles. The van der Waals surface area contributed by atoms with Crippen LogP contribution in [0.1, 0.15) is 0 Å². The van der Waals surface area contributed by atoms with Gasteiger partial charge in [-0.1, -0.05) is 23.2 Å². The lowest BCUT2D eigenvalue weighted by molar-refractivity contribution is 0.627. The molecule has 7 heteroatoms. The molecule has 2 aromatic rings. The van der Waals surface area contributed by atoms with Crippen molar-refractivity contribution in [1.29, 1.82) is 0 Å². The van der Waals surface area contributed by atoms with Crippen molar-refractivity contribution in [1.82, 2.24) is 9.97 Å². The molecule has 3 nitrogen and oxygen atoms in total. The molecule has 1 aromatic carbocycles. The summed E-state index contributed by atoms with van der Waals surface area (Å²) < 4.78 is 13.1. The Hall–Kier alpha value is -1.17. The summed E-state index contributed by atoms with van der Waals surface area (Å²) in [5, 5.41) is 1.10. The third-order valence-corrected chi connectivity index (χ3v) is 4.64. The van der Waals surface area contributed by atoms with Crippen molar-refractivity contribution in [2.24, 2.45) is 4.99 Å². The van der Waals surface area contributed by atoms with Crippen LogP contribution in [-0.2, 0) is 0 Å². The summed E-state index contributed by atoms with van der Waals surface area (Å²) in [5.41, 5.74) is 2.34. The van der Waals surface area contributed by atoms with Gasteiger partial charge in [0, 0.05) is 17.0 Å². The van der Waals surface area contributed by atoms with Gasteiger partial charge in [-0.05, 0) is 12.1 Å². The van der Waals surface area contributed by atoms with Gasteiger partial charge in [0.05, 0.1) is 11.2 Å². The van der Waals surface area contributed by atoms with Gasteiger partial charge >= 0.3 is 0 Å². The van der Waals surface area contributed by atoms with E-state index in [2.05, 4.69) is 15.0 Å². The summed E-state index contributed by atoms with van der Waals surface area (Å²) in [6.45, 7) is 0. The highest BCUT2D eigenvalue weighted by Gasteiger charge is 2.20. The van der Waals surface area contributed by atoms with Crippen LogP contribution < -0.4 is 0 Å². The van der Waals surface area contributed by atoms with Gasteiger partial charge in [-0.3, -0.25) is 0 Å². The lowest BCUT2D eigenvalue weighted by Gasteiger charge is -2.12. The van der Waals surface area contributed by atoms with Crippen molar-refractivity contribution in [2.45, 2.75) is 10.1 Å². The van der Waals surface area contributed by atoms with Crippen LogP contribution in [-0.4, -0.2) is 15.5 Å². The number of nitrogens with zero attached hydrogens (tertiary/aromatic N) is 3. The zero-order chi connectivity index (χ0) is 12.7. The number of rotatable bonds is 1. The van der Waals surface area contributed by atoms with E-state index in [0.29, 0.717) is 10.8 Å². The van der Waals surface area contributed by atoms with Crippen molar-refractivity contribution in [3.63, 3.8) is 0 Å². The SMILES string of the molecule is Fc1ccc2c(c1)N=C[SH]2c1nc(Cl)cc(Cl)n1. The average molecular weight is 302 g/mol. The first kappa shape index (κ1) is 11.9. The molecule has 0 N–H and O–H groups in total. The van der Waals surface area contributed by atoms with Crippen LogP contribution in [0.2, 0.25) is 10.3 Å². The van der Waals surface area contributed by atoms with E-state index in [1.807, 2.05) is 0 Å². The standard InChI is InChI=1S/C11H6Cl2FN3S/c12-9-4-10(13)17-11(16-9)18-5-15-7-3-6(14)1-2-8(7)18/h1-5,18H. The molecular formula is C11H6Cl2FN3S. The lowest BCUT2D eigenvalue weighted by Crippen LogP contribution is -1.93. The molecule has 0 spiro atoms. The Morgan fingerprint density at radius 3 is 2.50 bits per heavy atom. The van der Waals surface area contributed by atoms with E-state index in [1.165, 1.54) is 18.2 Å². The van der Waals surface area contributed by atoms with Crippen molar-refractivity contribution in [2.75, 3.05) is 0 Å². The van der Waals surface area contributed by atoms with E-state index in [9.17, 15) is 4.39 Å². The monoisotopic (exact) mass is 301 g/mol. The van der Waals surface area contributed by atoms with Gasteiger partial charge in [-0.15, -0.1) is 10.9 Å². The molecule has 2 heterocycles. The first-order valence-corrected chi connectivity index (χ1v) is 7.13. The number of fused-ring (bicyclic) bond motifs is 1. The maximum Gasteiger partial charge on any atom is 0.179 e. The quantitative estimate of drug-likeness (QED) is 0.491. The predicted octanol–water partition coefficient (Wildman–Crippen LogP) is 4.02. The highest BCUT2D eigenvalue weighted by atomic mass is 35.5. The molecule has 0 saturated heterocycles. The number of aromatic nitrogens is 2. The molecule has 1 atom stereocenters. The molecule has 1 aliphatic heterocycles. The van der Waals surface area contributed by atoms with E-state index in [0.717, 1.165) is 4.90 Å². The second-order valence-electron chi connectivity index (χ2n) is 3.56. The number of benzene rings is 1. The molecule has 1 aromatic heterocycles. The maximum atomic E-state index is 13.1. The third kappa shape index (κ3) is 2.09. The highest BCUT2D eigenvalue weighted by Crippen LogP contribution is 2.50. The number of halogens is 3. The summed E-state index contributed by atoms with van der Waals surface area (Å²) >= 11 is 11.7. The fourth-order valence-electron chi connectivity index (χ4n) is 1.63. The summed E-state index contributed by atoms with van der Waals surface area (Å²) in [6.07, 6.45) is 0. The second kappa shape index (κ2) is 4.50. The minimum atomic E-state index is -0.950. The molecule has 92 valence electrons. The fraction of sp³-hybridized carbons (Fsp3) is 0. The Balaban J connectivity index is 2.09. The second-order valence-corrected chi connectivity index (χ2v) is 6.19. The molecule has 1 aliphatic rings. The molecule has 18 heavy (non-hydrogen) atoms. The first-order valence-electron chi connectivity index (χ1n) is 4.96. The lowest BCUT2D eigenvalue weighted by atomic mass is 10.3. The summed E-state index contributed by atoms with van der Waals surface area (Å²) in [6, 6.07) is 5.96. The van der Waals surface area contributed by atoms with Gasteiger partial charge in [0.15, 0.2) is 5.16 Å². The van der Waals surface area contributed by atoms with Gasteiger partial charge in [0.2, 0.25) is 0 Å². The number of aliphatic imine (C=N–C) groups is 1. The van der Waals surface area contributed by atoms with Crippen LogP contribution in [0.5, 0.6) is 0 Å². The van der Waals surface area contributed by atoms with Crippen LogP contribution in [0.3, 0.4) is 0 Å². The molecule has 0 fully saturated rings. The number of hydrogen-bond acceptors (Lipinski definition) is 3. The van der Waals surface area contributed by atoms with Crippen molar-refractivity contribution in [3.8, 4) is 0 Å². The third-order valence-electron chi connectivity index (χ3n) is 2.38. The van der Waals surface area contributed by atoms with E-state index in [4.69, 9.17) is 23.2 Å². The fourth-order valence-corrected chi connectivity index (χ4v) is 3.89. The first-order chi connectivity index (χ1) is 8.63. The zero-order valence-electron chi connectivity index (χ0n) is 8.81. The van der Waals surface area contributed by atoms with Crippen molar-refractivity contribution < 1.29 is 4.39 Å². The van der Waals surface area contributed by atoms with Crippen molar-refractivity contribution in [3.05, 3.63) is 40.4 Å². The minimum Gasteiger partial charge on any atom is -0.250 e. The molecule has 1 unspecified atom stereocenters. The van der Waals surface area contributed by atoms with E-state index in [-0.39, 0.29) is 16.1 Å². The highest BCUT2D eigenvalue weighted by molar-refractivity contribution is 8.28. The van der Waals surface area contributed by atoms with Gasteiger partial charge in [-0.25, -0.2) is 19.4 Å². The maximum absolute atomic E-state index is 13.1. The van der Waals surface area contributed by atoms with Crippen LogP contribution in [0, 0.1) is 5.82 Å². The van der Waals surface area contributed by atoms with Gasteiger partial charge < -0.3 is 0 Å². The Morgan fingerprint density at radius 1 is 1.06 bits per heavy atom. The van der Waals surface area contributed by atoms with E-state index in [1.54, 1.807) is 11.6 Å². The summed E-state index contributed by atoms with van der Waals surface area (Å²) in [7, 11) is -0.950. The van der Waals surface area contributed by atoms with Gasteiger partial charge in [-0.2, -0.15) is 0 Å². The van der Waals surface area contributed by atoms with Gasteiger partial charge in [0.1, 0.15) is 16.1 Å². The smallest absolute Gasteiger partial charge is 0.179 e. The Labute approximate surface area is 115 Å². The Kier molecular flexibility index (Phi) is 2.97. The zero-order valence-corrected chi connectivity index (χ0v) is 11.2. The number of thiol groups is 1. The molecule has 0 amide bonds. The molecule has 0 radical (unpaired) electrons. The Morgan fingerprint density at radius 2 is 1.78 bits per heavy atom. The summed E-state index contributed by atoms with van der Waals surface area (Å²) in [4.78, 5) is 13.4. The summed E-state index contributed by atoms with van der Waals surface area (Å²) in [5.74, 6) is -0.312. The minimum absolute atomic E-state index is 0.288. The number of hydrogen-bond donors (Lipinski definition) is 1. The van der Waals surface area contributed by atoms with Gasteiger partial charge in [0.25, 0.3) is 0 Å². The van der Waals surface area contributed by atoms with E-state index >= 15 is 0 Å². The average Bonchev–Trinajstić information content (AvgIpc) is 2.70. The van der Waals surface area contributed by atoms with E-state index < -0.39 is 10.9 Å². The largest absolute Gasteiger partial charge is 0.250 e. The Bertz CT molecular complexity index is 642. The normalized spacial score (nSPS) is 18.9. The predicted molar refractivity (Wildman–Crippen MR) is 72.1 cm³/mol. The van der Waals surface area contributed by atoms with Crippen molar-refractivity contribution >= 4 is 45.3 Å². The molecule has 0 saturated carbocycles. The van der Waals surface area contributed by atoms with Crippen LogP contribution in [0.15, 0.2) is 39.3 Å². The van der Waals surface area contributed by atoms with Crippen LogP contribution in [0.25, 0.3) is 0 Å². The van der Waals surface area contributed by atoms with Crippen LogP contribution in [0.4, 0.5) is 10.1 Å². The topological polar surface area (TPSA) is 38.1 Å². The molecule has 0 bridgehead atoms. The molecule has 3 rings (SSSR count).